The van der Waals surface area contributed by atoms with Crippen LogP contribution in [-0.2, 0) is 13.1 Å². The third-order valence-corrected chi connectivity index (χ3v) is 3.11. The predicted octanol–water partition coefficient (Wildman–Crippen LogP) is 2.97. The summed E-state index contributed by atoms with van der Waals surface area (Å²) in [5.41, 5.74) is 3.57. The van der Waals surface area contributed by atoms with Crippen LogP contribution < -0.4 is 10.2 Å². The number of para-hydroxylation sites is 2. The zero-order chi connectivity index (χ0) is 13.7. The fourth-order valence-electron chi connectivity index (χ4n) is 2.14. The van der Waals surface area contributed by atoms with E-state index in [4.69, 9.17) is 0 Å². The molecule has 0 aliphatic rings. The van der Waals surface area contributed by atoms with E-state index in [1.165, 1.54) is 11.4 Å². The first kappa shape index (κ1) is 13.5. The third-order valence-electron chi connectivity index (χ3n) is 3.11. The summed E-state index contributed by atoms with van der Waals surface area (Å²) in [6, 6.07) is 8.34. The fraction of sp³-hybridized carbons (Fsp3) is 0.400. The molecule has 2 rings (SSSR count). The van der Waals surface area contributed by atoms with Crippen LogP contribution in [0.5, 0.6) is 0 Å². The number of nitrogens with zero attached hydrogens (tertiary/aromatic N) is 3. The molecule has 1 heterocycles. The summed E-state index contributed by atoms with van der Waals surface area (Å²) in [5.74, 6) is 0. The number of aryl methyl sites for hydroxylation is 1. The minimum Gasteiger partial charge on any atom is -0.378 e. The van der Waals surface area contributed by atoms with E-state index in [2.05, 4.69) is 65.1 Å². The van der Waals surface area contributed by atoms with E-state index in [9.17, 15) is 0 Å². The van der Waals surface area contributed by atoms with Gasteiger partial charge >= 0.3 is 0 Å². The summed E-state index contributed by atoms with van der Waals surface area (Å²) in [6.45, 7) is 4.00. The average molecular weight is 258 g/mol. The number of hydrogen-bond donors (Lipinski definition) is 1. The maximum Gasteiger partial charge on any atom is 0.0948 e. The minimum absolute atomic E-state index is 0.796. The second kappa shape index (κ2) is 6.27. The van der Waals surface area contributed by atoms with Crippen LogP contribution in [0.1, 0.15) is 19.0 Å². The smallest absolute Gasteiger partial charge is 0.0948 e. The number of nitrogens with one attached hydrogen (secondary N) is 1. The summed E-state index contributed by atoms with van der Waals surface area (Å²) >= 11 is 0. The van der Waals surface area contributed by atoms with Crippen molar-refractivity contribution in [3.8, 4) is 0 Å². The molecule has 0 spiro atoms. The van der Waals surface area contributed by atoms with Gasteiger partial charge in [-0.3, -0.25) is 0 Å². The van der Waals surface area contributed by atoms with Crippen molar-refractivity contribution < 1.29 is 0 Å². The van der Waals surface area contributed by atoms with E-state index in [1.54, 1.807) is 0 Å². The fourth-order valence-corrected chi connectivity index (χ4v) is 2.14. The second-order valence-electron chi connectivity index (χ2n) is 4.84. The standard InChI is InChI=1S/C15H22N4/c1-4-9-19-12-16-10-13(19)11-17-14-7-5-6-8-15(14)18(2)3/h5-8,10,12,17H,4,9,11H2,1-3H3. The Hall–Kier alpha value is -1.97. The van der Waals surface area contributed by atoms with E-state index in [1.807, 2.05) is 12.5 Å². The Morgan fingerprint density at radius 3 is 2.79 bits per heavy atom. The number of imidazole rings is 1. The first-order chi connectivity index (χ1) is 9.22. The highest BCUT2D eigenvalue weighted by molar-refractivity contribution is 5.69. The molecule has 0 aliphatic heterocycles. The van der Waals surface area contributed by atoms with Crippen molar-refractivity contribution in [3.05, 3.63) is 42.5 Å². The van der Waals surface area contributed by atoms with Gasteiger partial charge in [-0.15, -0.1) is 0 Å². The van der Waals surface area contributed by atoms with Crippen LogP contribution in [0.25, 0.3) is 0 Å². The van der Waals surface area contributed by atoms with Gasteiger partial charge in [0.1, 0.15) is 0 Å². The molecule has 0 saturated heterocycles. The minimum atomic E-state index is 0.796. The molecule has 4 heteroatoms. The lowest BCUT2D eigenvalue weighted by Gasteiger charge is -2.18. The summed E-state index contributed by atoms with van der Waals surface area (Å²) < 4.78 is 2.20. The zero-order valence-electron chi connectivity index (χ0n) is 11.9. The highest BCUT2D eigenvalue weighted by Gasteiger charge is 2.05. The molecule has 1 N–H and O–H groups in total. The largest absolute Gasteiger partial charge is 0.378 e. The molecule has 4 nitrogen and oxygen atoms in total. The molecule has 1 aromatic heterocycles. The van der Waals surface area contributed by atoms with E-state index in [0.717, 1.165) is 25.2 Å². The van der Waals surface area contributed by atoms with Crippen LogP contribution in [0, 0.1) is 0 Å². The molecular formula is C15H22N4. The van der Waals surface area contributed by atoms with Crippen molar-refractivity contribution in [2.75, 3.05) is 24.3 Å². The normalized spacial score (nSPS) is 10.5. The lowest BCUT2D eigenvalue weighted by atomic mass is 10.2. The Kier molecular flexibility index (Phi) is 4.44. The number of hydrogen-bond acceptors (Lipinski definition) is 3. The summed E-state index contributed by atoms with van der Waals surface area (Å²) in [4.78, 5) is 6.34. The molecule has 1 aromatic carbocycles. The molecule has 0 atom stereocenters. The monoisotopic (exact) mass is 258 g/mol. The molecule has 102 valence electrons. The Morgan fingerprint density at radius 1 is 1.26 bits per heavy atom. The summed E-state index contributed by atoms with van der Waals surface area (Å²) in [5, 5.41) is 3.49. The molecule has 0 unspecified atom stereocenters. The number of rotatable bonds is 6. The molecule has 0 saturated carbocycles. The van der Waals surface area contributed by atoms with Gasteiger partial charge in [-0.1, -0.05) is 19.1 Å². The van der Waals surface area contributed by atoms with Gasteiger partial charge in [0, 0.05) is 26.8 Å². The molecule has 0 amide bonds. The first-order valence-electron chi connectivity index (χ1n) is 6.71. The lowest BCUT2D eigenvalue weighted by Crippen LogP contribution is -2.13. The van der Waals surface area contributed by atoms with E-state index in [0.29, 0.717) is 0 Å². The number of aromatic nitrogens is 2. The van der Waals surface area contributed by atoms with Crippen molar-refractivity contribution in [1.82, 2.24) is 9.55 Å². The van der Waals surface area contributed by atoms with E-state index in [-0.39, 0.29) is 0 Å². The van der Waals surface area contributed by atoms with Crippen LogP contribution in [0.4, 0.5) is 11.4 Å². The average Bonchev–Trinajstić information content (AvgIpc) is 2.84. The van der Waals surface area contributed by atoms with Crippen LogP contribution in [-0.4, -0.2) is 23.6 Å². The quantitative estimate of drug-likeness (QED) is 0.864. The Bertz CT molecular complexity index is 516. The van der Waals surface area contributed by atoms with Gasteiger partial charge < -0.3 is 14.8 Å². The highest BCUT2D eigenvalue weighted by atomic mass is 15.1. The van der Waals surface area contributed by atoms with Crippen molar-refractivity contribution in [2.45, 2.75) is 26.4 Å². The van der Waals surface area contributed by atoms with Crippen LogP contribution in [0.2, 0.25) is 0 Å². The third kappa shape index (κ3) is 3.28. The van der Waals surface area contributed by atoms with Gasteiger partial charge in [0.05, 0.1) is 29.9 Å². The molecule has 0 aliphatic carbocycles. The van der Waals surface area contributed by atoms with Crippen LogP contribution in [0.15, 0.2) is 36.8 Å². The molecule has 2 aromatic rings. The van der Waals surface area contributed by atoms with Gasteiger partial charge in [-0.05, 0) is 18.6 Å². The maximum absolute atomic E-state index is 4.22. The summed E-state index contributed by atoms with van der Waals surface area (Å²) in [7, 11) is 4.11. The number of anilines is 2. The first-order valence-corrected chi connectivity index (χ1v) is 6.71. The SMILES string of the molecule is CCCn1cncc1CNc1ccccc1N(C)C. The lowest BCUT2D eigenvalue weighted by molar-refractivity contribution is 0.651. The maximum atomic E-state index is 4.22. The molecule has 0 fully saturated rings. The topological polar surface area (TPSA) is 33.1 Å². The van der Waals surface area contributed by atoms with Crippen molar-refractivity contribution in [2.24, 2.45) is 0 Å². The van der Waals surface area contributed by atoms with Crippen molar-refractivity contribution in [1.29, 1.82) is 0 Å². The van der Waals surface area contributed by atoms with Crippen molar-refractivity contribution >= 4 is 11.4 Å². The number of benzene rings is 1. The van der Waals surface area contributed by atoms with Gasteiger partial charge in [0.2, 0.25) is 0 Å². The molecule has 0 bridgehead atoms. The Labute approximate surface area is 115 Å². The van der Waals surface area contributed by atoms with Crippen molar-refractivity contribution in [3.63, 3.8) is 0 Å². The van der Waals surface area contributed by atoms with Gasteiger partial charge in [-0.2, -0.15) is 0 Å². The summed E-state index contributed by atoms with van der Waals surface area (Å²) in [6.07, 6.45) is 4.96. The Balaban J connectivity index is 2.08. The molecule has 19 heavy (non-hydrogen) atoms. The molecular weight excluding hydrogens is 236 g/mol. The van der Waals surface area contributed by atoms with Gasteiger partial charge in [0.25, 0.3) is 0 Å². The van der Waals surface area contributed by atoms with E-state index < -0.39 is 0 Å². The molecule has 0 radical (unpaired) electrons. The highest BCUT2D eigenvalue weighted by Crippen LogP contribution is 2.23. The van der Waals surface area contributed by atoms with Crippen LogP contribution >= 0.6 is 0 Å². The van der Waals surface area contributed by atoms with E-state index >= 15 is 0 Å². The van der Waals surface area contributed by atoms with Crippen LogP contribution in [0.3, 0.4) is 0 Å². The Morgan fingerprint density at radius 2 is 2.05 bits per heavy atom. The van der Waals surface area contributed by atoms with Gasteiger partial charge in [0.15, 0.2) is 0 Å². The predicted molar refractivity (Wildman–Crippen MR) is 80.6 cm³/mol. The zero-order valence-corrected chi connectivity index (χ0v) is 11.9. The second-order valence-corrected chi connectivity index (χ2v) is 4.84. The van der Waals surface area contributed by atoms with Gasteiger partial charge in [-0.25, -0.2) is 4.98 Å².